The number of rotatable bonds is 4. The van der Waals surface area contributed by atoms with Crippen LogP contribution in [0.1, 0.15) is 12.5 Å². The Morgan fingerprint density at radius 2 is 2.06 bits per heavy atom. The van der Waals surface area contributed by atoms with E-state index in [2.05, 4.69) is 36.3 Å². The first-order valence-corrected chi connectivity index (χ1v) is 6.19. The van der Waals surface area contributed by atoms with Gasteiger partial charge in [0.2, 0.25) is 5.95 Å². The van der Waals surface area contributed by atoms with Gasteiger partial charge in [-0.2, -0.15) is 5.10 Å². The van der Waals surface area contributed by atoms with E-state index in [1.165, 1.54) is 0 Å². The molecule has 0 aliphatic carbocycles. The maximum Gasteiger partial charge on any atom is 0.222 e. The number of aliphatic hydroxyl groups is 1. The highest BCUT2D eigenvalue weighted by Crippen LogP contribution is 2.19. The fourth-order valence-electron chi connectivity index (χ4n) is 1.46. The Bertz CT molecular complexity index is 522. The third-order valence-electron chi connectivity index (χ3n) is 2.54. The summed E-state index contributed by atoms with van der Waals surface area (Å²) in [6.07, 6.45) is 6.72. The lowest BCUT2D eigenvalue weighted by Crippen LogP contribution is -2.30. The topological polar surface area (TPSA) is 75.9 Å². The van der Waals surface area contributed by atoms with Crippen molar-refractivity contribution >= 4 is 21.9 Å². The fourth-order valence-corrected chi connectivity index (χ4v) is 1.66. The van der Waals surface area contributed by atoms with Gasteiger partial charge in [-0.3, -0.25) is 4.68 Å². The Labute approximate surface area is 113 Å². The molecule has 0 saturated carbocycles. The van der Waals surface area contributed by atoms with Crippen LogP contribution in [0.5, 0.6) is 0 Å². The predicted molar refractivity (Wildman–Crippen MR) is 71.0 cm³/mol. The van der Waals surface area contributed by atoms with E-state index >= 15 is 0 Å². The van der Waals surface area contributed by atoms with E-state index < -0.39 is 5.60 Å². The van der Waals surface area contributed by atoms with E-state index in [4.69, 9.17) is 0 Å². The summed E-state index contributed by atoms with van der Waals surface area (Å²) in [5, 5.41) is 17.4. The van der Waals surface area contributed by atoms with E-state index in [1.54, 1.807) is 36.4 Å². The summed E-state index contributed by atoms with van der Waals surface area (Å²) >= 11 is 3.26. The van der Waals surface area contributed by atoms with Crippen molar-refractivity contribution in [3.63, 3.8) is 0 Å². The summed E-state index contributed by atoms with van der Waals surface area (Å²) in [5.41, 5.74) is -0.278. The van der Waals surface area contributed by atoms with Crippen molar-refractivity contribution in [1.82, 2.24) is 19.7 Å². The molecule has 96 valence electrons. The van der Waals surface area contributed by atoms with Crippen LogP contribution in [0.3, 0.4) is 0 Å². The zero-order valence-electron chi connectivity index (χ0n) is 10.1. The van der Waals surface area contributed by atoms with Crippen LogP contribution in [-0.4, -0.2) is 31.4 Å². The number of hydrogen-bond acceptors (Lipinski definition) is 5. The highest BCUT2D eigenvalue weighted by molar-refractivity contribution is 9.10. The van der Waals surface area contributed by atoms with Gasteiger partial charge < -0.3 is 10.4 Å². The quantitative estimate of drug-likeness (QED) is 0.890. The molecule has 1 atom stereocenters. The molecule has 0 radical (unpaired) electrons. The van der Waals surface area contributed by atoms with Gasteiger partial charge in [-0.15, -0.1) is 0 Å². The maximum absolute atomic E-state index is 10.3. The van der Waals surface area contributed by atoms with Gasteiger partial charge in [0, 0.05) is 31.2 Å². The maximum atomic E-state index is 10.3. The average Bonchev–Trinajstić information content (AvgIpc) is 2.76. The van der Waals surface area contributed by atoms with E-state index in [1.807, 2.05) is 7.05 Å². The SMILES string of the molecule is Cn1cc([C@](C)(O)CNc2ncc(Br)cn2)cn1. The smallest absolute Gasteiger partial charge is 0.222 e. The van der Waals surface area contributed by atoms with Gasteiger partial charge >= 0.3 is 0 Å². The molecule has 2 aromatic rings. The number of anilines is 1. The number of aryl methyl sites for hydroxylation is 1. The lowest BCUT2D eigenvalue weighted by atomic mass is 10.00. The molecule has 0 amide bonds. The molecule has 7 heteroatoms. The van der Waals surface area contributed by atoms with Crippen molar-refractivity contribution in [2.24, 2.45) is 7.05 Å². The second-order valence-corrected chi connectivity index (χ2v) is 5.17. The Morgan fingerprint density at radius 3 is 2.61 bits per heavy atom. The second-order valence-electron chi connectivity index (χ2n) is 4.25. The lowest BCUT2D eigenvalue weighted by molar-refractivity contribution is 0.0712. The summed E-state index contributed by atoms with van der Waals surface area (Å²) in [7, 11) is 1.81. The molecule has 2 aromatic heterocycles. The predicted octanol–water partition coefficient (Wildman–Crippen LogP) is 1.29. The standard InChI is InChI=1S/C11H14BrN5O/c1-11(18,8-3-16-17(2)6-8)7-15-10-13-4-9(12)5-14-10/h3-6,18H,7H2,1-2H3,(H,13,14,15)/t11-/m1/s1. The minimum Gasteiger partial charge on any atom is -0.383 e. The van der Waals surface area contributed by atoms with Gasteiger partial charge in [-0.05, 0) is 22.9 Å². The third-order valence-corrected chi connectivity index (χ3v) is 2.95. The largest absolute Gasteiger partial charge is 0.383 e. The summed E-state index contributed by atoms with van der Waals surface area (Å²) < 4.78 is 2.46. The van der Waals surface area contributed by atoms with Crippen LogP contribution < -0.4 is 5.32 Å². The Hall–Kier alpha value is -1.47. The Kier molecular flexibility index (Phi) is 3.63. The lowest BCUT2D eigenvalue weighted by Gasteiger charge is -2.22. The molecule has 0 aromatic carbocycles. The molecule has 6 nitrogen and oxygen atoms in total. The first kappa shape index (κ1) is 13.0. The van der Waals surface area contributed by atoms with Crippen molar-refractivity contribution in [3.8, 4) is 0 Å². The molecule has 0 saturated heterocycles. The Morgan fingerprint density at radius 1 is 1.39 bits per heavy atom. The fraction of sp³-hybridized carbons (Fsp3) is 0.364. The summed E-state index contributed by atoms with van der Waals surface area (Å²) in [5.74, 6) is 0.474. The number of nitrogens with one attached hydrogen (secondary N) is 1. The van der Waals surface area contributed by atoms with Crippen LogP contribution in [0.15, 0.2) is 29.3 Å². The van der Waals surface area contributed by atoms with Crippen LogP contribution in [-0.2, 0) is 12.6 Å². The van der Waals surface area contributed by atoms with E-state index in [9.17, 15) is 5.11 Å². The number of aromatic nitrogens is 4. The molecular formula is C11H14BrN5O. The molecule has 18 heavy (non-hydrogen) atoms. The van der Waals surface area contributed by atoms with Gasteiger partial charge in [0.25, 0.3) is 0 Å². The van der Waals surface area contributed by atoms with Crippen molar-refractivity contribution in [3.05, 3.63) is 34.8 Å². The van der Waals surface area contributed by atoms with Gasteiger partial charge in [0.15, 0.2) is 0 Å². The van der Waals surface area contributed by atoms with E-state index in [0.29, 0.717) is 12.5 Å². The Balaban J connectivity index is 2.02. The summed E-state index contributed by atoms with van der Waals surface area (Å²) in [6, 6.07) is 0. The molecule has 0 aliphatic heterocycles. The van der Waals surface area contributed by atoms with Crippen LogP contribution >= 0.6 is 15.9 Å². The van der Waals surface area contributed by atoms with Gasteiger partial charge in [-0.1, -0.05) is 0 Å². The molecule has 0 spiro atoms. The second kappa shape index (κ2) is 5.03. The average molecular weight is 312 g/mol. The highest BCUT2D eigenvalue weighted by Gasteiger charge is 2.24. The van der Waals surface area contributed by atoms with Crippen molar-refractivity contribution < 1.29 is 5.11 Å². The van der Waals surface area contributed by atoms with Crippen LogP contribution in [0.25, 0.3) is 0 Å². The van der Waals surface area contributed by atoms with Crippen molar-refractivity contribution in [2.45, 2.75) is 12.5 Å². The minimum atomic E-state index is -1.02. The van der Waals surface area contributed by atoms with Crippen LogP contribution in [0, 0.1) is 0 Å². The number of halogens is 1. The minimum absolute atomic E-state index is 0.306. The van der Waals surface area contributed by atoms with Crippen molar-refractivity contribution in [1.29, 1.82) is 0 Å². The van der Waals surface area contributed by atoms with Gasteiger partial charge in [-0.25, -0.2) is 9.97 Å². The normalized spacial score (nSPS) is 14.2. The van der Waals surface area contributed by atoms with Gasteiger partial charge in [0.1, 0.15) is 5.60 Å². The monoisotopic (exact) mass is 311 g/mol. The van der Waals surface area contributed by atoms with Crippen molar-refractivity contribution in [2.75, 3.05) is 11.9 Å². The summed E-state index contributed by atoms with van der Waals surface area (Å²) in [6.45, 7) is 2.02. The molecule has 0 aliphatic rings. The van der Waals surface area contributed by atoms with E-state index in [-0.39, 0.29) is 0 Å². The number of hydrogen-bond donors (Lipinski definition) is 2. The number of nitrogens with zero attached hydrogens (tertiary/aromatic N) is 4. The van der Waals surface area contributed by atoms with E-state index in [0.717, 1.165) is 10.0 Å². The molecule has 2 N–H and O–H groups in total. The first-order chi connectivity index (χ1) is 8.47. The first-order valence-electron chi connectivity index (χ1n) is 5.40. The molecule has 0 bridgehead atoms. The van der Waals surface area contributed by atoms with Crippen LogP contribution in [0.2, 0.25) is 0 Å². The molecular weight excluding hydrogens is 298 g/mol. The molecule has 2 heterocycles. The third kappa shape index (κ3) is 3.05. The molecule has 0 fully saturated rings. The summed E-state index contributed by atoms with van der Waals surface area (Å²) in [4.78, 5) is 8.16. The zero-order chi connectivity index (χ0) is 13.2. The van der Waals surface area contributed by atoms with Crippen LogP contribution in [0.4, 0.5) is 5.95 Å². The zero-order valence-corrected chi connectivity index (χ0v) is 11.7. The highest BCUT2D eigenvalue weighted by atomic mass is 79.9. The molecule has 0 unspecified atom stereocenters. The molecule has 2 rings (SSSR count). The van der Waals surface area contributed by atoms with Gasteiger partial charge in [0.05, 0.1) is 17.2 Å².